The van der Waals surface area contributed by atoms with Crippen molar-refractivity contribution >= 4 is 11.7 Å². The topological polar surface area (TPSA) is 115 Å². The molecule has 8 nitrogen and oxygen atoms in total. The maximum atomic E-state index is 10.8. The van der Waals surface area contributed by atoms with Crippen molar-refractivity contribution < 1.29 is 19.6 Å². The molecule has 2 aromatic heterocycles. The molecule has 0 spiro atoms. The molecule has 102 valence electrons. The van der Waals surface area contributed by atoms with Crippen molar-refractivity contribution in [3.63, 3.8) is 0 Å². The fourth-order valence-electron chi connectivity index (χ4n) is 1.46. The van der Waals surface area contributed by atoms with Gasteiger partial charge in [0.2, 0.25) is 5.88 Å². The number of hydrogen-bond donors (Lipinski definition) is 1. The molecule has 2 heterocycles. The summed E-state index contributed by atoms with van der Waals surface area (Å²) in [7, 11) is 0. The Kier molecular flexibility index (Phi) is 3.56. The molecule has 0 radical (unpaired) electrons. The van der Waals surface area contributed by atoms with Crippen molar-refractivity contribution in [2.24, 2.45) is 0 Å². The maximum Gasteiger partial charge on any atom is 0.337 e. The van der Waals surface area contributed by atoms with E-state index in [4.69, 9.17) is 9.84 Å². The third-order valence-electron chi connectivity index (χ3n) is 2.40. The predicted octanol–water partition coefficient (Wildman–Crippen LogP) is 2.18. The summed E-state index contributed by atoms with van der Waals surface area (Å²) < 4.78 is 5.38. The minimum atomic E-state index is -1.13. The Morgan fingerprint density at radius 1 is 1.35 bits per heavy atom. The Labute approximate surface area is 112 Å². The van der Waals surface area contributed by atoms with E-state index in [-0.39, 0.29) is 22.9 Å². The molecule has 0 fully saturated rings. The SMILES string of the molecule is Cc1cc([N+](=O)[O-])cnc1Oc1cncc(C(=O)O)c1. The number of aryl methyl sites for hydroxylation is 1. The summed E-state index contributed by atoms with van der Waals surface area (Å²) in [4.78, 5) is 28.4. The number of rotatable bonds is 4. The number of nitro groups is 1. The third kappa shape index (κ3) is 2.86. The zero-order valence-electron chi connectivity index (χ0n) is 10.3. The maximum absolute atomic E-state index is 10.8. The zero-order valence-corrected chi connectivity index (χ0v) is 10.3. The van der Waals surface area contributed by atoms with Crippen LogP contribution < -0.4 is 4.74 Å². The molecule has 0 saturated heterocycles. The Balaban J connectivity index is 2.28. The van der Waals surface area contributed by atoms with E-state index >= 15 is 0 Å². The minimum absolute atomic E-state index is 0.0259. The van der Waals surface area contributed by atoms with Gasteiger partial charge in [0.05, 0.1) is 16.7 Å². The monoisotopic (exact) mass is 275 g/mol. The standard InChI is InChI=1S/C12H9N3O5/c1-7-2-9(15(18)19)5-14-11(7)20-10-3-8(12(16)17)4-13-6-10/h2-6H,1H3,(H,16,17). The number of ether oxygens (including phenoxy) is 1. The molecule has 0 aliphatic heterocycles. The molecule has 0 aromatic carbocycles. The summed E-state index contributed by atoms with van der Waals surface area (Å²) in [5.74, 6) is -0.786. The van der Waals surface area contributed by atoms with E-state index in [9.17, 15) is 14.9 Å². The first-order valence-corrected chi connectivity index (χ1v) is 5.44. The van der Waals surface area contributed by atoms with Crippen LogP contribution in [0.25, 0.3) is 0 Å². The van der Waals surface area contributed by atoms with Crippen LogP contribution in [-0.4, -0.2) is 26.0 Å². The Hall–Kier alpha value is -3.03. The Morgan fingerprint density at radius 3 is 2.70 bits per heavy atom. The van der Waals surface area contributed by atoms with Crippen LogP contribution in [-0.2, 0) is 0 Å². The summed E-state index contributed by atoms with van der Waals surface area (Å²) >= 11 is 0. The second-order valence-corrected chi connectivity index (χ2v) is 3.89. The van der Waals surface area contributed by atoms with Crippen LogP contribution in [0.5, 0.6) is 11.6 Å². The molecule has 20 heavy (non-hydrogen) atoms. The molecule has 8 heteroatoms. The molecule has 2 rings (SSSR count). The van der Waals surface area contributed by atoms with Gasteiger partial charge in [-0.25, -0.2) is 9.78 Å². The van der Waals surface area contributed by atoms with E-state index in [0.29, 0.717) is 5.56 Å². The lowest BCUT2D eigenvalue weighted by molar-refractivity contribution is -0.385. The van der Waals surface area contributed by atoms with Crippen LogP contribution in [0.2, 0.25) is 0 Å². The Morgan fingerprint density at radius 2 is 2.10 bits per heavy atom. The molecular weight excluding hydrogens is 266 g/mol. The van der Waals surface area contributed by atoms with Crippen LogP contribution in [0.4, 0.5) is 5.69 Å². The highest BCUT2D eigenvalue weighted by Crippen LogP contribution is 2.25. The lowest BCUT2D eigenvalue weighted by atomic mass is 10.2. The number of aromatic nitrogens is 2. The number of nitrogens with zero attached hydrogens (tertiary/aromatic N) is 3. The molecule has 0 amide bonds. The van der Waals surface area contributed by atoms with E-state index in [1.165, 1.54) is 24.5 Å². The van der Waals surface area contributed by atoms with Gasteiger partial charge < -0.3 is 9.84 Å². The van der Waals surface area contributed by atoms with E-state index in [2.05, 4.69) is 9.97 Å². The van der Waals surface area contributed by atoms with E-state index in [1.807, 2.05) is 0 Å². The van der Waals surface area contributed by atoms with Gasteiger partial charge in [0, 0.05) is 17.8 Å². The summed E-state index contributed by atoms with van der Waals surface area (Å²) in [6.07, 6.45) is 3.58. The van der Waals surface area contributed by atoms with Crippen LogP contribution in [0.15, 0.2) is 30.7 Å². The molecule has 0 saturated carbocycles. The van der Waals surface area contributed by atoms with E-state index in [1.54, 1.807) is 6.92 Å². The molecule has 0 atom stereocenters. The summed E-state index contributed by atoms with van der Waals surface area (Å²) in [6, 6.07) is 2.61. The summed E-state index contributed by atoms with van der Waals surface area (Å²) in [5.41, 5.74) is 0.286. The van der Waals surface area contributed by atoms with Gasteiger partial charge in [-0.2, -0.15) is 0 Å². The van der Waals surface area contributed by atoms with E-state index < -0.39 is 10.9 Å². The van der Waals surface area contributed by atoms with Gasteiger partial charge in [-0.05, 0) is 13.0 Å². The second-order valence-electron chi connectivity index (χ2n) is 3.89. The molecule has 1 N–H and O–H groups in total. The molecular formula is C12H9N3O5. The second kappa shape index (κ2) is 5.31. The van der Waals surface area contributed by atoms with Crippen LogP contribution >= 0.6 is 0 Å². The number of pyridine rings is 2. The lowest BCUT2D eigenvalue weighted by Crippen LogP contribution is -1.99. The minimum Gasteiger partial charge on any atom is -0.478 e. The van der Waals surface area contributed by atoms with Crippen molar-refractivity contribution in [3.8, 4) is 11.6 Å². The number of aromatic carboxylic acids is 1. The fraction of sp³-hybridized carbons (Fsp3) is 0.0833. The number of carboxylic acids is 1. The van der Waals surface area contributed by atoms with Gasteiger partial charge in [-0.1, -0.05) is 0 Å². The highest BCUT2D eigenvalue weighted by molar-refractivity contribution is 5.87. The number of hydrogen-bond acceptors (Lipinski definition) is 6. The van der Waals surface area contributed by atoms with Crippen molar-refractivity contribution in [2.75, 3.05) is 0 Å². The van der Waals surface area contributed by atoms with Gasteiger partial charge in [0.15, 0.2) is 0 Å². The van der Waals surface area contributed by atoms with Gasteiger partial charge in [0.1, 0.15) is 11.9 Å². The highest BCUT2D eigenvalue weighted by atomic mass is 16.6. The molecule has 0 unspecified atom stereocenters. The van der Waals surface area contributed by atoms with Crippen molar-refractivity contribution in [1.29, 1.82) is 0 Å². The quantitative estimate of drug-likeness (QED) is 0.671. The Bertz CT molecular complexity index is 687. The van der Waals surface area contributed by atoms with Crippen LogP contribution in [0.3, 0.4) is 0 Å². The highest BCUT2D eigenvalue weighted by Gasteiger charge is 2.12. The third-order valence-corrected chi connectivity index (χ3v) is 2.40. The largest absolute Gasteiger partial charge is 0.478 e. The average Bonchev–Trinajstić information content (AvgIpc) is 2.41. The smallest absolute Gasteiger partial charge is 0.337 e. The lowest BCUT2D eigenvalue weighted by Gasteiger charge is -2.07. The van der Waals surface area contributed by atoms with Gasteiger partial charge in [-0.3, -0.25) is 15.1 Å². The van der Waals surface area contributed by atoms with Crippen molar-refractivity contribution in [3.05, 3.63) is 52.0 Å². The summed E-state index contributed by atoms with van der Waals surface area (Å²) in [5, 5.41) is 19.4. The van der Waals surface area contributed by atoms with Crippen molar-refractivity contribution in [2.45, 2.75) is 6.92 Å². The van der Waals surface area contributed by atoms with Crippen LogP contribution in [0, 0.1) is 17.0 Å². The molecule has 2 aromatic rings. The number of carboxylic acid groups (broad SMARTS) is 1. The fourth-order valence-corrected chi connectivity index (χ4v) is 1.46. The average molecular weight is 275 g/mol. The first-order chi connectivity index (χ1) is 9.47. The van der Waals surface area contributed by atoms with E-state index in [0.717, 1.165) is 6.20 Å². The first-order valence-electron chi connectivity index (χ1n) is 5.44. The van der Waals surface area contributed by atoms with Crippen LogP contribution in [0.1, 0.15) is 15.9 Å². The molecule has 0 aliphatic rings. The summed E-state index contributed by atoms with van der Waals surface area (Å²) in [6.45, 7) is 1.60. The molecule has 0 aliphatic carbocycles. The van der Waals surface area contributed by atoms with Gasteiger partial charge >= 0.3 is 5.97 Å². The zero-order chi connectivity index (χ0) is 14.7. The van der Waals surface area contributed by atoms with Gasteiger partial charge in [-0.15, -0.1) is 0 Å². The normalized spacial score (nSPS) is 10.1. The predicted molar refractivity (Wildman–Crippen MR) is 66.9 cm³/mol. The number of carbonyl (C=O) groups is 1. The van der Waals surface area contributed by atoms with Gasteiger partial charge in [0.25, 0.3) is 5.69 Å². The van der Waals surface area contributed by atoms with Crippen molar-refractivity contribution in [1.82, 2.24) is 9.97 Å². The first kappa shape index (κ1) is 13.4. The molecule has 0 bridgehead atoms.